The summed E-state index contributed by atoms with van der Waals surface area (Å²) in [6.07, 6.45) is 1.90. The third-order valence-electron chi connectivity index (χ3n) is 6.22. The molecule has 1 amide bonds. The van der Waals surface area contributed by atoms with Gasteiger partial charge in [0, 0.05) is 13.2 Å². The molecule has 1 aromatic heterocycles. The fourth-order valence-corrected chi connectivity index (χ4v) is 4.57. The second-order valence-electron chi connectivity index (χ2n) is 8.49. The Kier molecular flexibility index (Phi) is 4.70. The van der Waals surface area contributed by atoms with Crippen molar-refractivity contribution in [1.29, 1.82) is 0 Å². The summed E-state index contributed by atoms with van der Waals surface area (Å²) in [5.74, 6) is 0.337. The Morgan fingerprint density at radius 3 is 2.53 bits per heavy atom. The molecule has 1 fully saturated rings. The van der Waals surface area contributed by atoms with E-state index in [1.807, 2.05) is 24.3 Å². The van der Waals surface area contributed by atoms with Gasteiger partial charge in [-0.25, -0.2) is 0 Å². The van der Waals surface area contributed by atoms with Gasteiger partial charge in [-0.2, -0.15) is 0 Å². The van der Waals surface area contributed by atoms with Crippen LogP contribution in [0.2, 0.25) is 0 Å². The van der Waals surface area contributed by atoms with Crippen LogP contribution in [0.15, 0.2) is 57.7 Å². The lowest BCUT2D eigenvalue weighted by Crippen LogP contribution is -2.36. The number of carbonyl (C=O) groups excluding carboxylic acids is 1. The number of fused-ring (bicyclic) bond motifs is 2. The Bertz CT molecular complexity index is 1160. The maximum absolute atomic E-state index is 13.4. The molecule has 0 N–H and O–H groups in total. The van der Waals surface area contributed by atoms with Crippen LogP contribution in [0.4, 0.5) is 0 Å². The second kappa shape index (κ2) is 7.40. The third-order valence-corrected chi connectivity index (χ3v) is 6.22. The topological polar surface area (TPSA) is 59.8 Å². The molecule has 0 saturated carbocycles. The van der Waals surface area contributed by atoms with Crippen molar-refractivity contribution >= 4 is 16.9 Å². The molecule has 5 rings (SSSR count). The Labute approximate surface area is 175 Å². The summed E-state index contributed by atoms with van der Waals surface area (Å²) in [6.45, 7) is 5.46. The molecule has 2 aliphatic rings. The van der Waals surface area contributed by atoms with Crippen LogP contribution in [0, 0.1) is 0 Å². The molecule has 1 saturated heterocycles. The van der Waals surface area contributed by atoms with Gasteiger partial charge >= 0.3 is 0 Å². The molecule has 2 atom stereocenters. The lowest BCUT2D eigenvalue weighted by Gasteiger charge is -2.27. The predicted octanol–water partition coefficient (Wildman–Crippen LogP) is 4.64. The summed E-state index contributed by atoms with van der Waals surface area (Å²) in [7, 11) is 0. The first-order valence-corrected chi connectivity index (χ1v) is 10.6. The zero-order valence-electron chi connectivity index (χ0n) is 17.3. The molecule has 0 radical (unpaired) electrons. The Hall–Kier alpha value is -2.92. The van der Waals surface area contributed by atoms with E-state index in [1.54, 1.807) is 17.0 Å². The quantitative estimate of drug-likeness (QED) is 0.637. The molecule has 2 aromatic carbocycles. The summed E-state index contributed by atoms with van der Waals surface area (Å²) < 4.78 is 11.8. The number of rotatable bonds is 4. The minimum Gasteiger partial charge on any atom is -0.450 e. The van der Waals surface area contributed by atoms with Gasteiger partial charge in [0.2, 0.25) is 5.76 Å². The molecule has 3 aromatic rings. The van der Waals surface area contributed by atoms with E-state index in [0.29, 0.717) is 35.6 Å². The van der Waals surface area contributed by atoms with Crippen LogP contribution in [-0.2, 0) is 4.74 Å². The number of hydrogen-bond acceptors (Lipinski definition) is 4. The van der Waals surface area contributed by atoms with Crippen molar-refractivity contribution < 1.29 is 13.9 Å². The van der Waals surface area contributed by atoms with E-state index < -0.39 is 6.04 Å². The van der Waals surface area contributed by atoms with Crippen LogP contribution >= 0.6 is 0 Å². The van der Waals surface area contributed by atoms with Crippen LogP contribution in [0.1, 0.15) is 65.9 Å². The molecule has 5 heteroatoms. The lowest BCUT2D eigenvalue weighted by molar-refractivity contribution is 0.0486. The molecule has 30 heavy (non-hydrogen) atoms. The van der Waals surface area contributed by atoms with Crippen molar-refractivity contribution in [2.24, 2.45) is 0 Å². The lowest BCUT2D eigenvalue weighted by atomic mass is 9.95. The number of hydrogen-bond donors (Lipinski definition) is 0. The van der Waals surface area contributed by atoms with Gasteiger partial charge in [0.15, 0.2) is 5.43 Å². The van der Waals surface area contributed by atoms with Crippen LogP contribution in [0.5, 0.6) is 0 Å². The van der Waals surface area contributed by atoms with Gasteiger partial charge in [-0.15, -0.1) is 0 Å². The number of carbonyl (C=O) groups is 1. The Balaban J connectivity index is 1.67. The molecule has 154 valence electrons. The van der Waals surface area contributed by atoms with Crippen LogP contribution in [0.3, 0.4) is 0 Å². The average Bonchev–Trinajstić information content (AvgIpc) is 3.36. The molecule has 3 heterocycles. The van der Waals surface area contributed by atoms with Gasteiger partial charge in [-0.3, -0.25) is 9.59 Å². The normalized spacial score (nSPS) is 21.0. The second-order valence-corrected chi connectivity index (χ2v) is 8.49. The van der Waals surface area contributed by atoms with Gasteiger partial charge in [0.25, 0.3) is 5.91 Å². The Morgan fingerprint density at radius 2 is 1.83 bits per heavy atom. The molecule has 0 unspecified atom stereocenters. The summed E-state index contributed by atoms with van der Waals surface area (Å²) in [5.41, 5.74) is 2.90. The van der Waals surface area contributed by atoms with E-state index in [0.717, 1.165) is 18.4 Å². The third kappa shape index (κ3) is 3.05. The first-order chi connectivity index (χ1) is 14.5. The maximum atomic E-state index is 13.4. The highest BCUT2D eigenvalue weighted by Gasteiger charge is 2.43. The highest BCUT2D eigenvalue weighted by atomic mass is 16.5. The highest BCUT2D eigenvalue weighted by Crippen LogP contribution is 2.39. The fraction of sp³-hybridized carbons (Fsp3) is 0.360. The van der Waals surface area contributed by atoms with E-state index in [-0.39, 0.29) is 23.2 Å². The molecule has 0 spiro atoms. The predicted molar refractivity (Wildman–Crippen MR) is 115 cm³/mol. The number of nitrogens with zero attached hydrogens (tertiary/aromatic N) is 1. The van der Waals surface area contributed by atoms with Gasteiger partial charge in [0.1, 0.15) is 5.58 Å². The summed E-state index contributed by atoms with van der Waals surface area (Å²) >= 11 is 0. The average molecular weight is 403 g/mol. The van der Waals surface area contributed by atoms with Gasteiger partial charge < -0.3 is 14.1 Å². The molecule has 0 aliphatic carbocycles. The van der Waals surface area contributed by atoms with Crippen LogP contribution < -0.4 is 5.43 Å². The first-order valence-electron chi connectivity index (χ1n) is 10.6. The van der Waals surface area contributed by atoms with E-state index in [2.05, 4.69) is 26.0 Å². The number of para-hydroxylation sites is 1. The van der Waals surface area contributed by atoms with Crippen molar-refractivity contribution in [3.05, 3.63) is 81.2 Å². The van der Waals surface area contributed by atoms with Gasteiger partial charge in [-0.05, 0) is 42.0 Å². The summed E-state index contributed by atoms with van der Waals surface area (Å²) in [5, 5.41) is 0.506. The standard InChI is InChI=1S/C25H25NO4/c1-15(2)16-9-11-17(12-10-16)22-21-23(27)19-7-3-4-8-20(19)30-24(21)25(28)26(22)14-18-6-5-13-29-18/h3-4,7-12,15,18,22H,5-6,13-14H2,1-2H3/t18-,22-/m0/s1. The highest BCUT2D eigenvalue weighted by molar-refractivity contribution is 5.99. The number of ether oxygens (including phenoxy) is 1. The van der Waals surface area contributed by atoms with Gasteiger partial charge in [0.05, 0.1) is 23.1 Å². The molecular formula is C25H25NO4. The fourth-order valence-electron chi connectivity index (χ4n) is 4.57. The van der Waals surface area contributed by atoms with Crippen molar-refractivity contribution in [3.63, 3.8) is 0 Å². The monoisotopic (exact) mass is 403 g/mol. The molecule has 2 aliphatic heterocycles. The SMILES string of the molecule is CC(C)c1ccc([C@H]2c3c(oc4ccccc4c3=O)C(=O)N2C[C@@H]2CCCO2)cc1. The smallest absolute Gasteiger partial charge is 0.291 e. The largest absolute Gasteiger partial charge is 0.450 e. The maximum Gasteiger partial charge on any atom is 0.291 e. The first kappa shape index (κ1) is 19.1. The number of benzene rings is 2. The van der Waals surface area contributed by atoms with E-state index in [4.69, 9.17) is 9.15 Å². The van der Waals surface area contributed by atoms with Crippen LogP contribution in [0.25, 0.3) is 11.0 Å². The van der Waals surface area contributed by atoms with Crippen LogP contribution in [-0.4, -0.2) is 30.1 Å². The zero-order chi connectivity index (χ0) is 20.8. The summed E-state index contributed by atoms with van der Waals surface area (Å²) in [4.78, 5) is 28.6. The molecule has 0 bridgehead atoms. The van der Waals surface area contributed by atoms with Crippen molar-refractivity contribution in [2.75, 3.05) is 13.2 Å². The van der Waals surface area contributed by atoms with E-state index in [1.165, 1.54) is 5.56 Å². The Morgan fingerprint density at radius 1 is 1.07 bits per heavy atom. The molecule has 5 nitrogen and oxygen atoms in total. The minimum atomic E-state index is -0.459. The van der Waals surface area contributed by atoms with E-state index in [9.17, 15) is 9.59 Å². The zero-order valence-corrected chi connectivity index (χ0v) is 17.3. The van der Waals surface area contributed by atoms with Crippen molar-refractivity contribution in [1.82, 2.24) is 4.90 Å². The molecular weight excluding hydrogens is 378 g/mol. The summed E-state index contributed by atoms with van der Waals surface area (Å²) in [6, 6.07) is 14.9. The van der Waals surface area contributed by atoms with Crippen molar-refractivity contribution in [3.8, 4) is 0 Å². The van der Waals surface area contributed by atoms with Crippen molar-refractivity contribution in [2.45, 2.75) is 44.8 Å². The minimum absolute atomic E-state index is 0.00906. The van der Waals surface area contributed by atoms with E-state index >= 15 is 0 Å². The van der Waals surface area contributed by atoms with Gasteiger partial charge in [-0.1, -0.05) is 50.2 Å². The number of amides is 1.